The van der Waals surface area contributed by atoms with Crippen molar-refractivity contribution in [3.63, 3.8) is 0 Å². The smallest absolute Gasteiger partial charge is 0.243 e. The Morgan fingerprint density at radius 3 is 2.30 bits per heavy atom. The molecular formula is C23H28ClFN2O2S. The minimum Gasteiger partial charge on any atom is -0.352 e. The average molecular weight is 451 g/mol. The lowest BCUT2D eigenvalue weighted by Gasteiger charge is -2.31. The first-order valence-electron chi connectivity index (χ1n) is 10.0. The van der Waals surface area contributed by atoms with E-state index in [4.69, 9.17) is 11.6 Å². The van der Waals surface area contributed by atoms with Crippen LogP contribution >= 0.6 is 23.4 Å². The van der Waals surface area contributed by atoms with E-state index >= 15 is 0 Å². The Morgan fingerprint density at radius 1 is 1.10 bits per heavy atom. The fourth-order valence-corrected chi connectivity index (χ4v) is 3.98. The number of halogens is 2. The fraction of sp³-hybridized carbons (Fsp3) is 0.391. The van der Waals surface area contributed by atoms with E-state index in [9.17, 15) is 14.0 Å². The van der Waals surface area contributed by atoms with Crippen LogP contribution in [0.25, 0.3) is 0 Å². The van der Waals surface area contributed by atoms with Gasteiger partial charge >= 0.3 is 0 Å². The number of thioether (sulfide) groups is 1. The van der Waals surface area contributed by atoms with E-state index in [0.29, 0.717) is 23.6 Å². The van der Waals surface area contributed by atoms with Crippen molar-refractivity contribution < 1.29 is 14.0 Å². The minimum atomic E-state index is -0.578. The second-order valence-corrected chi connectivity index (χ2v) is 8.89. The number of rotatable bonds is 10. The van der Waals surface area contributed by atoms with Crippen molar-refractivity contribution in [1.29, 1.82) is 0 Å². The van der Waals surface area contributed by atoms with Crippen molar-refractivity contribution in [2.45, 2.75) is 57.1 Å². The third-order valence-corrected chi connectivity index (χ3v) is 5.75. The summed E-state index contributed by atoms with van der Waals surface area (Å²) >= 11 is 7.47. The molecule has 0 fully saturated rings. The quantitative estimate of drug-likeness (QED) is 0.500. The van der Waals surface area contributed by atoms with Gasteiger partial charge in [-0.1, -0.05) is 30.7 Å². The maximum Gasteiger partial charge on any atom is 0.243 e. The first-order valence-corrected chi connectivity index (χ1v) is 11.4. The molecule has 0 radical (unpaired) electrons. The van der Waals surface area contributed by atoms with Gasteiger partial charge in [0.1, 0.15) is 11.9 Å². The van der Waals surface area contributed by atoms with Crippen molar-refractivity contribution in [2.75, 3.05) is 5.75 Å². The summed E-state index contributed by atoms with van der Waals surface area (Å²) in [5.74, 6) is -0.0248. The highest BCUT2D eigenvalue weighted by Crippen LogP contribution is 2.22. The molecule has 4 nitrogen and oxygen atoms in total. The van der Waals surface area contributed by atoms with Crippen LogP contribution in [0.3, 0.4) is 0 Å². The molecule has 0 unspecified atom stereocenters. The number of hydrogen-bond donors (Lipinski definition) is 1. The van der Waals surface area contributed by atoms with Crippen LogP contribution in [-0.2, 0) is 16.1 Å². The molecule has 162 valence electrons. The maximum absolute atomic E-state index is 13.3. The van der Waals surface area contributed by atoms with E-state index < -0.39 is 6.04 Å². The molecule has 2 aromatic rings. The van der Waals surface area contributed by atoms with Gasteiger partial charge in [-0.25, -0.2) is 4.39 Å². The highest BCUT2D eigenvalue weighted by Gasteiger charge is 2.28. The lowest BCUT2D eigenvalue weighted by molar-refractivity contribution is -0.141. The number of amides is 2. The fourth-order valence-electron chi connectivity index (χ4n) is 3.02. The average Bonchev–Trinajstić information content (AvgIpc) is 2.70. The molecule has 0 spiro atoms. The van der Waals surface area contributed by atoms with Crippen LogP contribution < -0.4 is 5.32 Å². The Labute approximate surface area is 187 Å². The van der Waals surface area contributed by atoms with Crippen molar-refractivity contribution in [2.24, 2.45) is 0 Å². The number of carbonyl (C=O) groups excluding carboxylic acids is 2. The van der Waals surface area contributed by atoms with E-state index in [2.05, 4.69) is 5.32 Å². The normalized spacial score (nSPS) is 11.9. The second-order valence-electron chi connectivity index (χ2n) is 7.29. The predicted molar refractivity (Wildman–Crippen MR) is 121 cm³/mol. The molecule has 2 rings (SSSR count). The van der Waals surface area contributed by atoms with E-state index in [1.165, 1.54) is 12.1 Å². The summed E-state index contributed by atoms with van der Waals surface area (Å²) in [5, 5.41) is 3.57. The van der Waals surface area contributed by atoms with Gasteiger partial charge in [-0.05, 0) is 62.2 Å². The highest BCUT2D eigenvalue weighted by molar-refractivity contribution is 7.99. The molecule has 1 N–H and O–H groups in total. The molecule has 30 heavy (non-hydrogen) atoms. The van der Waals surface area contributed by atoms with Crippen LogP contribution in [-0.4, -0.2) is 34.6 Å². The van der Waals surface area contributed by atoms with Gasteiger partial charge in [-0.3, -0.25) is 9.59 Å². The van der Waals surface area contributed by atoms with Gasteiger partial charge in [-0.15, -0.1) is 11.8 Å². The van der Waals surface area contributed by atoms with Crippen molar-refractivity contribution in [1.82, 2.24) is 10.2 Å². The first kappa shape index (κ1) is 24.2. The number of carbonyl (C=O) groups is 2. The summed E-state index contributed by atoms with van der Waals surface area (Å²) < 4.78 is 13.3. The van der Waals surface area contributed by atoms with Gasteiger partial charge in [0.05, 0.1) is 0 Å². The van der Waals surface area contributed by atoms with Gasteiger partial charge in [0.25, 0.3) is 0 Å². The van der Waals surface area contributed by atoms with Crippen LogP contribution in [0.15, 0.2) is 53.4 Å². The lowest BCUT2D eigenvalue weighted by Crippen LogP contribution is -2.50. The molecule has 0 saturated heterocycles. The molecule has 2 aromatic carbocycles. The van der Waals surface area contributed by atoms with E-state index in [0.717, 1.165) is 10.5 Å². The van der Waals surface area contributed by atoms with Gasteiger partial charge in [0.15, 0.2) is 0 Å². The van der Waals surface area contributed by atoms with Crippen molar-refractivity contribution >= 4 is 35.2 Å². The first-order chi connectivity index (χ1) is 14.3. The number of benzene rings is 2. The maximum atomic E-state index is 13.3. The van der Waals surface area contributed by atoms with Crippen LogP contribution in [0.5, 0.6) is 0 Å². The Hall–Kier alpha value is -2.05. The molecule has 0 aliphatic carbocycles. The summed E-state index contributed by atoms with van der Waals surface area (Å²) in [6, 6.07) is 12.9. The van der Waals surface area contributed by atoms with Crippen LogP contribution in [0.2, 0.25) is 5.02 Å². The molecule has 0 heterocycles. The van der Waals surface area contributed by atoms with E-state index in [1.54, 1.807) is 28.8 Å². The van der Waals surface area contributed by atoms with Crippen LogP contribution in [0.1, 0.15) is 39.2 Å². The second kappa shape index (κ2) is 12.0. The standard InChI is InChI=1S/C23H28ClFN2O2S/c1-4-21(23(29)26-16(2)3)27(15-17-5-9-19(25)10-6-17)22(28)13-14-30-20-11-7-18(24)8-12-20/h5-12,16,21H,4,13-15H2,1-3H3,(H,26,29)/t21-/m1/s1. The Bertz CT molecular complexity index is 828. The number of nitrogens with zero attached hydrogens (tertiary/aromatic N) is 1. The van der Waals surface area contributed by atoms with Gasteiger partial charge in [-0.2, -0.15) is 0 Å². The molecule has 0 aliphatic heterocycles. The van der Waals surface area contributed by atoms with Crippen LogP contribution in [0, 0.1) is 5.82 Å². The summed E-state index contributed by atoms with van der Waals surface area (Å²) in [6.45, 7) is 5.92. The third-order valence-electron chi connectivity index (χ3n) is 4.48. The molecule has 0 aliphatic rings. The monoisotopic (exact) mass is 450 g/mol. The summed E-state index contributed by atoms with van der Waals surface area (Å²) in [4.78, 5) is 28.4. The molecule has 7 heteroatoms. The molecule has 2 amide bonds. The molecule has 0 bridgehead atoms. The molecule has 0 aromatic heterocycles. The Kier molecular flexibility index (Phi) is 9.66. The Balaban J connectivity index is 2.11. The van der Waals surface area contributed by atoms with E-state index in [-0.39, 0.29) is 30.2 Å². The molecular weight excluding hydrogens is 423 g/mol. The highest BCUT2D eigenvalue weighted by atomic mass is 35.5. The number of hydrogen-bond acceptors (Lipinski definition) is 3. The summed E-state index contributed by atoms with van der Waals surface area (Å²) in [6.07, 6.45) is 0.787. The van der Waals surface area contributed by atoms with Gasteiger partial charge in [0.2, 0.25) is 11.8 Å². The zero-order valence-corrected chi connectivity index (χ0v) is 19.1. The van der Waals surface area contributed by atoms with Crippen molar-refractivity contribution in [3.8, 4) is 0 Å². The molecule has 0 saturated carbocycles. The Morgan fingerprint density at radius 2 is 1.73 bits per heavy atom. The van der Waals surface area contributed by atoms with Crippen LogP contribution in [0.4, 0.5) is 4.39 Å². The largest absolute Gasteiger partial charge is 0.352 e. The summed E-state index contributed by atoms with van der Waals surface area (Å²) in [7, 11) is 0. The third kappa shape index (κ3) is 7.65. The number of nitrogens with one attached hydrogen (secondary N) is 1. The van der Waals surface area contributed by atoms with E-state index in [1.807, 2.05) is 45.0 Å². The zero-order chi connectivity index (χ0) is 22.1. The molecule has 1 atom stereocenters. The predicted octanol–water partition coefficient (Wildman–Crippen LogP) is 5.29. The topological polar surface area (TPSA) is 49.4 Å². The van der Waals surface area contributed by atoms with Crippen molar-refractivity contribution in [3.05, 3.63) is 64.9 Å². The lowest BCUT2D eigenvalue weighted by atomic mass is 10.1. The van der Waals surface area contributed by atoms with Gasteiger partial charge in [0, 0.05) is 34.7 Å². The minimum absolute atomic E-state index is 0.0187. The van der Waals surface area contributed by atoms with Gasteiger partial charge < -0.3 is 10.2 Å². The SMILES string of the molecule is CC[C@H](C(=O)NC(C)C)N(Cc1ccc(F)cc1)C(=O)CCSc1ccc(Cl)cc1. The zero-order valence-electron chi connectivity index (χ0n) is 17.5. The summed E-state index contributed by atoms with van der Waals surface area (Å²) in [5.41, 5.74) is 0.783.